The maximum absolute atomic E-state index is 9.56. The van der Waals surface area contributed by atoms with Crippen molar-refractivity contribution in [2.45, 2.75) is 24.8 Å². The van der Waals surface area contributed by atoms with E-state index in [4.69, 9.17) is 20.6 Å². The third-order valence-corrected chi connectivity index (χ3v) is 4.77. The molecule has 2 aliphatic heterocycles. The van der Waals surface area contributed by atoms with Crippen molar-refractivity contribution >= 4 is 11.9 Å². The summed E-state index contributed by atoms with van der Waals surface area (Å²) in [7, 11) is 1.63. The fourth-order valence-electron chi connectivity index (χ4n) is 3.63. The minimum atomic E-state index is -0.338. The Morgan fingerprint density at radius 3 is 3.08 bits per heavy atom. The number of fused-ring (bicyclic) bond motifs is 2. The molecule has 7 nitrogen and oxygen atoms in total. The zero-order valence-corrected chi connectivity index (χ0v) is 13.7. The van der Waals surface area contributed by atoms with Crippen molar-refractivity contribution in [1.29, 1.82) is 10.7 Å². The van der Waals surface area contributed by atoms with E-state index in [9.17, 15) is 5.26 Å². The smallest absolute Gasteiger partial charge is 0.210 e. The molecule has 0 amide bonds. The number of ether oxygens (including phenoxy) is 2. The van der Waals surface area contributed by atoms with Crippen LogP contribution in [0.15, 0.2) is 52.4 Å². The summed E-state index contributed by atoms with van der Waals surface area (Å²) in [6.07, 6.45) is 5.28. The topological polar surface area (TPSA) is 108 Å². The van der Waals surface area contributed by atoms with Gasteiger partial charge in [0.15, 0.2) is 17.9 Å². The lowest BCUT2D eigenvalue weighted by atomic mass is 9.78. The monoisotopic (exact) mass is 335 g/mol. The molecule has 7 heteroatoms. The molecule has 0 saturated carbocycles. The molecular formula is C18H17N5O2. The largest absolute Gasteiger partial charge is 0.497 e. The van der Waals surface area contributed by atoms with E-state index < -0.39 is 0 Å². The van der Waals surface area contributed by atoms with Crippen LogP contribution in [0, 0.1) is 16.9 Å². The van der Waals surface area contributed by atoms with Crippen LogP contribution in [-0.4, -0.2) is 29.9 Å². The molecule has 4 rings (SSSR count). The van der Waals surface area contributed by atoms with Gasteiger partial charge in [0.2, 0.25) is 5.96 Å². The molecule has 2 unspecified atom stereocenters. The Kier molecular flexibility index (Phi) is 3.46. The second kappa shape index (κ2) is 5.67. The second-order valence-corrected chi connectivity index (χ2v) is 6.15. The van der Waals surface area contributed by atoms with E-state index in [-0.39, 0.29) is 23.8 Å². The summed E-state index contributed by atoms with van der Waals surface area (Å²) in [6, 6.07) is 7.48. The van der Waals surface area contributed by atoms with Gasteiger partial charge in [0.05, 0.1) is 7.11 Å². The van der Waals surface area contributed by atoms with Gasteiger partial charge in [-0.25, -0.2) is 9.89 Å². The molecule has 2 atom stereocenters. The predicted octanol–water partition coefficient (Wildman–Crippen LogP) is 2.20. The van der Waals surface area contributed by atoms with Crippen LogP contribution in [0.4, 0.5) is 0 Å². The molecule has 3 aliphatic rings. The first-order chi connectivity index (χ1) is 12.1. The van der Waals surface area contributed by atoms with E-state index in [0.717, 1.165) is 16.9 Å². The van der Waals surface area contributed by atoms with Gasteiger partial charge in [0, 0.05) is 12.3 Å². The summed E-state index contributed by atoms with van der Waals surface area (Å²) in [5.74, 6) is 1.65. The van der Waals surface area contributed by atoms with Crippen molar-refractivity contribution in [2.24, 2.45) is 10.7 Å². The number of allylic oxidation sites excluding steroid dienone is 1. The van der Waals surface area contributed by atoms with Crippen molar-refractivity contribution in [3.63, 3.8) is 0 Å². The number of methoxy groups -OCH3 is 1. The van der Waals surface area contributed by atoms with Gasteiger partial charge in [-0.1, -0.05) is 18.2 Å². The van der Waals surface area contributed by atoms with Crippen molar-refractivity contribution in [1.82, 2.24) is 4.90 Å². The molecule has 0 bridgehead atoms. The lowest BCUT2D eigenvalue weighted by Crippen LogP contribution is -2.42. The molecule has 1 aromatic rings. The molecule has 126 valence electrons. The van der Waals surface area contributed by atoms with Gasteiger partial charge in [0.25, 0.3) is 0 Å². The highest BCUT2D eigenvalue weighted by atomic mass is 16.5. The van der Waals surface area contributed by atoms with Crippen molar-refractivity contribution in [3.8, 4) is 11.9 Å². The third kappa shape index (κ3) is 2.34. The Bertz CT molecular complexity index is 893. The first kappa shape index (κ1) is 15.3. The average Bonchev–Trinajstić information content (AvgIpc) is 2.97. The molecule has 0 fully saturated rings. The zero-order chi connectivity index (χ0) is 17.6. The maximum atomic E-state index is 9.56. The van der Waals surface area contributed by atoms with E-state index in [1.807, 2.05) is 30.3 Å². The zero-order valence-electron chi connectivity index (χ0n) is 13.7. The van der Waals surface area contributed by atoms with Gasteiger partial charge < -0.3 is 15.2 Å². The molecule has 2 heterocycles. The number of nitrogens with zero attached hydrogens (tertiary/aromatic N) is 3. The molecule has 0 radical (unpaired) electrons. The molecule has 1 aliphatic carbocycles. The van der Waals surface area contributed by atoms with Crippen LogP contribution >= 0.6 is 0 Å². The maximum Gasteiger partial charge on any atom is 0.210 e. The van der Waals surface area contributed by atoms with Crippen LogP contribution < -0.4 is 10.5 Å². The highest BCUT2D eigenvalue weighted by Gasteiger charge is 2.45. The van der Waals surface area contributed by atoms with E-state index in [0.29, 0.717) is 24.3 Å². The van der Waals surface area contributed by atoms with E-state index in [2.05, 4.69) is 11.2 Å². The van der Waals surface area contributed by atoms with Gasteiger partial charge in [-0.2, -0.15) is 5.26 Å². The van der Waals surface area contributed by atoms with Crippen molar-refractivity contribution in [3.05, 3.63) is 52.9 Å². The molecular weight excluding hydrogens is 318 g/mol. The lowest BCUT2D eigenvalue weighted by Gasteiger charge is -2.35. The van der Waals surface area contributed by atoms with Crippen LogP contribution in [0.1, 0.15) is 24.3 Å². The summed E-state index contributed by atoms with van der Waals surface area (Å²) >= 11 is 0. The molecule has 0 saturated heterocycles. The molecule has 0 aromatic heterocycles. The van der Waals surface area contributed by atoms with Gasteiger partial charge in [-0.3, -0.25) is 5.41 Å². The first-order valence-corrected chi connectivity index (χ1v) is 7.98. The van der Waals surface area contributed by atoms with Crippen molar-refractivity contribution in [2.75, 3.05) is 7.11 Å². The average molecular weight is 335 g/mol. The Labute approximate surface area is 145 Å². The highest BCUT2D eigenvalue weighted by molar-refractivity contribution is 5.86. The van der Waals surface area contributed by atoms with Gasteiger partial charge in [-0.05, 0) is 29.7 Å². The summed E-state index contributed by atoms with van der Waals surface area (Å²) in [5, 5.41) is 17.4. The highest BCUT2D eigenvalue weighted by Crippen LogP contribution is 2.46. The van der Waals surface area contributed by atoms with Crippen LogP contribution in [0.3, 0.4) is 0 Å². The molecule has 25 heavy (non-hydrogen) atoms. The minimum absolute atomic E-state index is 0.0135. The number of hydrogen-bond donors (Lipinski definition) is 2. The molecule has 1 aromatic carbocycles. The van der Waals surface area contributed by atoms with Gasteiger partial charge in [-0.15, -0.1) is 0 Å². The summed E-state index contributed by atoms with van der Waals surface area (Å²) < 4.78 is 11.0. The predicted molar refractivity (Wildman–Crippen MR) is 91.8 cm³/mol. The Balaban J connectivity index is 1.85. The standard InChI is InChI=1S/C18H17N5O2/c1-24-12-4-2-3-10(7-12)13-8-11-5-6-14(20)25-17(11)15-16(13)23(9-19)18(21)22-15/h2-5,7,13,16,20H,6,8H2,1H3,(H2,21,22). The van der Waals surface area contributed by atoms with E-state index >= 15 is 0 Å². The Morgan fingerprint density at radius 1 is 1.48 bits per heavy atom. The number of benzene rings is 1. The van der Waals surface area contributed by atoms with Crippen LogP contribution in [0.25, 0.3) is 0 Å². The number of guanidine groups is 1. The minimum Gasteiger partial charge on any atom is -0.497 e. The quantitative estimate of drug-likeness (QED) is 0.806. The lowest BCUT2D eigenvalue weighted by molar-refractivity contribution is 0.329. The van der Waals surface area contributed by atoms with E-state index in [1.54, 1.807) is 7.11 Å². The third-order valence-electron chi connectivity index (χ3n) is 4.77. The summed E-state index contributed by atoms with van der Waals surface area (Å²) in [4.78, 5) is 5.81. The number of aliphatic imine (C=N–C) groups is 1. The summed E-state index contributed by atoms with van der Waals surface area (Å²) in [5.41, 5.74) is 8.64. The number of nitriles is 1. The fourth-order valence-corrected chi connectivity index (χ4v) is 3.63. The first-order valence-electron chi connectivity index (χ1n) is 7.98. The second-order valence-electron chi connectivity index (χ2n) is 6.15. The normalized spacial score (nSPS) is 24.6. The number of hydrogen-bond acceptors (Lipinski definition) is 7. The van der Waals surface area contributed by atoms with Gasteiger partial charge in [0.1, 0.15) is 17.5 Å². The molecule has 0 spiro atoms. The fraction of sp³-hybridized carbons (Fsp3) is 0.278. The molecule has 3 N–H and O–H groups in total. The van der Waals surface area contributed by atoms with Crippen LogP contribution in [-0.2, 0) is 4.74 Å². The number of nitrogens with one attached hydrogen (secondary N) is 1. The summed E-state index contributed by atoms with van der Waals surface area (Å²) in [6.45, 7) is 0. The van der Waals surface area contributed by atoms with Crippen LogP contribution in [0.5, 0.6) is 5.75 Å². The van der Waals surface area contributed by atoms with Gasteiger partial charge >= 0.3 is 0 Å². The number of nitrogens with two attached hydrogens (primary N) is 1. The number of rotatable bonds is 2. The Morgan fingerprint density at radius 2 is 2.32 bits per heavy atom. The SMILES string of the molecule is COc1cccc(C2CC3=CCC(=N)OC3=C3N=C(N)N(C#N)C32)c1. The van der Waals surface area contributed by atoms with Crippen molar-refractivity contribution < 1.29 is 9.47 Å². The Hall–Kier alpha value is -3.27. The van der Waals surface area contributed by atoms with Crippen LogP contribution in [0.2, 0.25) is 0 Å². The van der Waals surface area contributed by atoms with E-state index in [1.165, 1.54) is 4.90 Å².